The Balaban J connectivity index is 1.78. The van der Waals surface area contributed by atoms with Crippen molar-refractivity contribution in [1.29, 1.82) is 0 Å². The Morgan fingerprint density at radius 2 is 2.25 bits per heavy atom. The van der Waals surface area contributed by atoms with Crippen LogP contribution in [0.4, 0.5) is 5.69 Å². The largest absolute Gasteiger partial charge is 0.451 e. The lowest BCUT2D eigenvalue weighted by Crippen LogP contribution is -2.40. The topological polar surface area (TPSA) is 77.5 Å². The number of nitrogen functional groups attached to an aromatic ring is 1. The summed E-state index contributed by atoms with van der Waals surface area (Å²) in [5, 5.41) is 3.82. The molecule has 0 spiro atoms. The molecule has 3 N–H and O–H groups in total. The average molecular weight is 274 g/mol. The second-order valence-corrected chi connectivity index (χ2v) is 5.19. The van der Waals surface area contributed by atoms with E-state index in [0.717, 1.165) is 24.6 Å². The van der Waals surface area contributed by atoms with Crippen LogP contribution in [0.3, 0.4) is 0 Å². The average Bonchev–Trinajstić information content (AvgIpc) is 3.04. The first-order valence-electron chi connectivity index (χ1n) is 6.80. The van der Waals surface area contributed by atoms with Gasteiger partial charge >= 0.3 is 0 Å². The van der Waals surface area contributed by atoms with E-state index in [1.165, 1.54) is 0 Å². The van der Waals surface area contributed by atoms with Gasteiger partial charge in [0.25, 0.3) is 5.91 Å². The number of anilines is 1. The maximum absolute atomic E-state index is 12.2. The molecule has 0 aliphatic heterocycles. The molecule has 0 radical (unpaired) electrons. The maximum Gasteiger partial charge on any atom is 0.287 e. The number of rotatable bonds is 3. The summed E-state index contributed by atoms with van der Waals surface area (Å²) in [6.07, 6.45) is 3.09. The van der Waals surface area contributed by atoms with E-state index in [4.69, 9.17) is 14.9 Å². The summed E-state index contributed by atoms with van der Waals surface area (Å²) >= 11 is 0. The van der Waals surface area contributed by atoms with Crippen LogP contribution in [0.15, 0.2) is 28.7 Å². The molecule has 2 aromatic rings. The van der Waals surface area contributed by atoms with E-state index >= 15 is 0 Å². The van der Waals surface area contributed by atoms with Gasteiger partial charge < -0.3 is 20.2 Å². The van der Waals surface area contributed by atoms with E-state index in [9.17, 15) is 4.79 Å². The molecule has 106 valence electrons. The first-order valence-corrected chi connectivity index (χ1v) is 6.80. The van der Waals surface area contributed by atoms with Crippen molar-refractivity contribution in [3.63, 3.8) is 0 Å². The molecule has 5 heteroatoms. The highest BCUT2D eigenvalue weighted by Gasteiger charge is 2.29. The van der Waals surface area contributed by atoms with E-state index in [2.05, 4.69) is 5.32 Å². The second-order valence-electron chi connectivity index (χ2n) is 5.19. The number of ether oxygens (including phenoxy) is 1. The van der Waals surface area contributed by atoms with E-state index in [0.29, 0.717) is 17.0 Å². The highest BCUT2D eigenvalue weighted by atomic mass is 16.5. The monoisotopic (exact) mass is 274 g/mol. The van der Waals surface area contributed by atoms with Crippen molar-refractivity contribution in [2.24, 2.45) is 0 Å². The second kappa shape index (κ2) is 5.17. The first kappa shape index (κ1) is 13.0. The summed E-state index contributed by atoms with van der Waals surface area (Å²) < 4.78 is 10.9. The van der Waals surface area contributed by atoms with Crippen molar-refractivity contribution >= 4 is 22.6 Å². The van der Waals surface area contributed by atoms with Crippen molar-refractivity contribution in [2.45, 2.75) is 31.4 Å². The van der Waals surface area contributed by atoms with Crippen molar-refractivity contribution in [1.82, 2.24) is 5.32 Å². The molecule has 1 aliphatic rings. The number of amides is 1. The number of hydrogen-bond donors (Lipinski definition) is 2. The zero-order chi connectivity index (χ0) is 14.1. The lowest BCUT2D eigenvalue weighted by molar-refractivity contribution is 0.0707. The van der Waals surface area contributed by atoms with Gasteiger partial charge in [-0.2, -0.15) is 0 Å². The van der Waals surface area contributed by atoms with Gasteiger partial charge in [0.1, 0.15) is 5.58 Å². The third kappa shape index (κ3) is 2.36. The van der Waals surface area contributed by atoms with Gasteiger partial charge in [-0.25, -0.2) is 0 Å². The number of carbonyl (C=O) groups is 1. The van der Waals surface area contributed by atoms with Gasteiger partial charge in [-0.05, 0) is 43.5 Å². The van der Waals surface area contributed by atoms with Crippen molar-refractivity contribution < 1.29 is 13.9 Å². The molecule has 1 amide bonds. The van der Waals surface area contributed by atoms with Gasteiger partial charge in [0.15, 0.2) is 5.76 Å². The number of hydrogen-bond acceptors (Lipinski definition) is 4. The quantitative estimate of drug-likeness (QED) is 0.842. The van der Waals surface area contributed by atoms with Gasteiger partial charge in [0.05, 0.1) is 12.1 Å². The minimum atomic E-state index is -0.200. The Kier molecular flexibility index (Phi) is 3.36. The van der Waals surface area contributed by atoms with E-state index in [1.54, 1.807) is 31.4 Å². The van der Waals surface area contributed by atoms with Crippen LogP contribution in [-0.4, -0.2) is 25.2 Å². The number of carbonyl (C=O) groups excluding carboxylic acids is 1. The Hall–Kier alpha value is -2.01. The molecule has 5 nitrogen and oxygen atoms in total. The van der Waals surface area contributed by atoms with Crippen molar-refractivity contribution in [3.8, 4) is 0 Å². The molecule has 20 heavy (non-hydrogen) atoms. The fraction of sp³-hybridized carbons (Fsp3) is 0.400. The zero-order valence-corrected chi connectivity index (χ0v) is 11.4. The summed E-state index contributed by atoms with van der Waals surface area (Å²) in [4.78, 5) is 12.2. The summed E-state index contributed by atoms with van der Waals surface area (Å²) in [6, 6.07) is 7.10. The summed E-state index contributed by atoms with van der Waals surface area (Å²) in [5.41, 5.74) is 7.04. The fourth-order valence-electron chi connectivity index (χ4n) is 2.79. The molecule has 2 unspecified atom stereocenters. The normalized spacial score (nSPS) is 22.2. The summed E-state index contributed by atoms with van der Waals surface area (Å²) in [5.74, 6) is 0.112. The molecule has 0 bridgehead atoms. The number of methoxy groups -OCH3 is 1. The van der Waals surface area contributed by atoms with Crippen LogP contribution in [0.2, 0.25) is 0 Å². The predicted octanol–water partition coefficient (Wildman–Crippen LogP) is 2.31. The Morgan fingerprint density at radius 3 is 3.05 bits per heavy atom. The van der Waals surface area contributed by atoms with Gasteiger partial charge in [-0.3, -0.25) is 4.79 Å². The van der Waals surface area contributed by atoms with Crippen LogP contribution in [0.5, 0.6) is 0 Å². The number of nitrogens with one attached hydrogen (secondary N) is 1. The highest BCUT2D eigenvalue weighted by molar-refractivity contribution is 5.96. The maximum atomic E-state index is 12.2. The first-order chi connectivity index (χ1) is 9.67. The Bertz CT molecular complexity index is 635. The Labute approximate surface area is 117 Å². The van der Waals surface area contributed by atoms with Crippen LogP contribution < -0.4 is 11.1 Å². The summed E-state index contributed by atoms with van der Waals surface area (Å²) in [6.45, 7) is 0. The molecule has 0 saturated heterocycles. The van der Waals surface area contributed by atoms with Crippen molar-refractivity contribution in [3.05, 3.63) is 30.0 Å². The zero-order valence-electron chi connectivity index (χ0n) is 11.4. The fourth-order valence-corrected chi connectivity index (χ4v) is 2.79. The smallest absolute Gasteiger partial charge is 0.287 e. The lowest BCUT2D eigenvalue weighted by Gasteiger charge is -2.18. The molecule has 1 fully saturated rings. The standard InChI is InChI=1S/C15H18N2O3/c1-19-13-4-2-3-11(13)17-15(18)14-8-9-7-10(16)5-6-12(9)20-14/h5-8,11,13H,2-4,16H2,1H3,(H,17,18). The van der Waals surface area contributed by atoms with Gasteiger partial charge in [-0.1, -0.05) is 0 Å². The van der Waals surface area contributed by atoms with Gasteiger partial charge in [0, 0.05) is 18.2 Å². The Morgan fingerprint density at radius 1 is 1.40 bits per heavy atom. The van der Waals surface area contributed by atoms with Crippen LogP contribution in [0.25, 0.3) is 11.0 Å². The van der Waals surface area contributed by atoms with Crippen LogP contribution in [-0.2, 0) is 4.74 Å². The third-order valence-electron chi connectivity index (χ3n) is 3.84. The van der Waals surface area contributed by atoms with Gasteiger partial charge in [0.2, 0.25) is 0 Å². The SMILES string of the molecule is COC1CCCC1NC(=O)c1cc2cc(N)ccc2o1. The molecule has 2 atom stereocenters. The molecule has 1 aromatic carbocycles. The third-order valence-corrected chi connectivity index (χ3v) is 3.84. The molecular weight excluding hydrogens is 256 g/mol. The molecule has 1 aromatic heterocycles. The molecule has 1 aliphatic carbocycles. The number of nitrogens with two attached hydrogens (primary N) is 1. The molecule has 1 heterocycles. The van der Waals surface area contributed by atoms with E-state index < -0.39 is 0 Å². The molecule has 3 rings (SSSR count). The predicted molar refractivity (Wildman–Crippen MR) is 76.5 cm³/mol. The minimum absolute atomic E-state index is 0.0609. The lowest BCUT2D eigenvalue weighted by atomic mass is 10.2. The van der Waals surface area contributed by atoms with Crippen molar-refractivity contribution in [2.75, 3.05) is 12.8 Å². The summed E-state index contributed by atoms with van der Waals surface area (Å²) in [7, 11) is 1.68. The minimum Gasteiger partial charge on any atom is -0.451 e. The number of benzene rings is 1. The van der Waals surface area contributed by atoms with Crippen LogP contribution >= 0.6 is 0 Å². The van der Waals surface area contributed by atoms with E-state index in [1.807, 2.05) is 0 Å². The number of fused-ring (bicyclic) bond motifs is 1. The van der Waals surface area contributed by atoms with E-state index in [-0.39, 0.29) is 18.1 Å². The van der Waals surface area contributed by atoms with Gasteiger partial charge in [-0.15, -0.1) is 0 Å². The van der Waals surface area contributed by atoms with Crippen LogP contribution in [0, 0.1) is 0 Å². The molecule has 1 saturated carbocycles. The number of furan rings is 1. The molecular formula is C15H18N2O3. The highest BCUT2D eigenvalue weighted by Crippen LogP contribution is 2.24. The van der Waals surface area contributed by atoms with Crippen LogP contribution in [0.1, 0.15) is 29.8 Å².